The lowest BCUT2D eigenvalue weighted by molar-refractivity contribution is -0.113. The van der Waals surface area contributed by atoms with Crippen LogP contribution in [0.15, 0.2) is 6.20 Å². The molecule has 0 aliphatic carbocycles. The molecule has 54 valence electrons. The molecule has 0 fully saturated rings. The van der Waals surface area contributed by atoms with Gasteiger partial charge in [0.2, 0.25) is 5.91 Å². The molecular formula is C4H6N4OS. The minimum atomic E-state index is -0.197. The zero-order chi connectivity index (χ0) is 7.40. The number of H-pyrrole nitrogens is 1. The Bertz CT molecular complexity index is 209. The van der Waals surface area contributed by atoms with E-state index in [1.807, 2.05) is 0 Å². The number of aromatic nitrogens is 3. The number of rotatable bonds is 2. The van der Waals surface area contributed by atoms with Gasteiger partial charge in [0, 0.05) is 0 Å². The second-order valence-corrected chi connectivity index (χ2v) is 1.88. The normalized spacial score (nSPS) is 9.30. The maximum Gasteiger partial charge on any atom is 0.235 e. The molecule has 0 aromatic carbocycles. The molecule has 1 rings (SSSR count). The van der Waals surface area contributed by atoms with Gasteiger partial charge in [0.25, 0.3) is 0 Å². The molecule has 0 saturated carbocycles. The number of carbonyl (C=O) groups is 1. The third kappa shape index (κ3) is 1.73. The van der Waals surface area contributed by atoms with E-state index in [9.17, 15) is 4.79 Å². The first-order valence-electron chi connectivity index (χ1n) is 2.60. The molecule has 10 heavy (non-hydrogen) atoms. The van der Waals surface area contributed by atoms with Gasteiger partial charge >= 0.3 is 0 Å². The predicted octanol–water partition coefficient (Wildman–Crippen LogP) is -0.327. The van der Waals surface area contributed by atoms with Crippen molar-refractivity contribution in [2.75, 3.05) is 11.1 Å². The average Bonchev–Trinajstić information content (AvgIpc) is 2.40. The Kier molecular flexibility index (Phi) is 2.27. The summed E-state index contributed by atoms with van der Waals surface area (Å²) < 4.78 is 0. The van der Waals surface area contributed by atoms with Crippen molar-refractivity contribution in [2.24, 2.45) is 0 Å². The number of nitrogens with zero attached hydrogens (tertiary/aromatic N) is 2. The molecule has 1 amide bonds. The van der Waals surface area contributed by atoms with Gasteiger partial charge in [-0.1, -0.05) is 5.21 Å². The average molecular weight is 158 g/mol. The number of hydrogen-bond donors (Lipinski definition) is 3. The summed E-state index contributed by atoms with van der Waals surface area (Å²) in [5.41, 5.74) is 0. The number of amides is 1. The van der Waals surface area contributed by atoms with E-state index >= 15 is 0 Å². The van der Waals surface area contributed by atoms with Crippen molar-refractivity contribution < 1.29 is 4.79 Å². The van der Waals surface area contributed by atoms with Crippen LogP contribution in [0, 0.1) is 0 Å². The van der Waals surface area contributed by atoms with Crippen molar-refractivity contribution in [2.45, 2.75) is 0 Å². The smallest absolute Gasteiger partial charge is 0.235 e. The Balaban J connectivity index is 2.48. The SMILES string of the molecule is O=C(CS)Nc1c[nH]nn1. The van der Waals surface area contributed by atoms with Crippen molar-refractivity contribution in [3.05, 3.63) is 6.20 Å². The lowest BCUT2D eigenvalue weighted by atomic mass is 10.6. The van der Waals surface area contributed by atoms with Gasteiger partial charge in [-0.2, -0.15) is 12.6 Å². The van der Waals surface area contributed by atoms with Gasteiger partial charge in [0.15, 0.2) is 5.82 Å². The van der Waals surface area contributed by atoms with Crippen LogP contribution in [0.3, 0.4) is 0 Å². The second kappa shape index (κ2) is 3.21. The fourth-order valence-electron chi connectivity index (χ4n) is 0.445. The molecule has 1 aromatic heterocycles. The lowest BCUT2D eigenvalue weighted by Gasteiger charge is -1.93. The van der Waals surface area contributed by atoms with E-state index in [0.717, 1.165) is 0 Å². The summed E-state index contributed by atoms with van der Waals surface area (Å²) in [6.07, 6.45) is 1.49. The van der Waals surface area contributed by atoms with Crippen molar-refractivity contribution >= 4 is 24.4 Å². The van der Waals surface area contributed by atoms with E-state index in [4.69, 9.17) is 0 Å². The van der Waals surface area contributed by atoms with Crippen LogP contribution in [0.1, 0.15) is 0 Å². The van der Waals surface area contributed by atoms with Crippen LogP contribution in [-0.4, -0.2) is 27.1 Å². The molecule has 0 unspecified atom stereocenters. The van der Waals surface area contributed by atoms with E-state index in [2.05, 4.69) is 33.4 Å². The number of hydrogen-bond acceptors (Lipinski definition) is 4. The number of thiol groups is 1. The monoisotopic (exact) mass is 158 g/mol. The van der Waals surface area contributed by atoms with E-state index in [-0.39, 0.29) is 11.7 Å². The molecule has 0 spiro atoms. The maximum atomic E-state index is 10.6. The molecule has 0 aliphatic rings. The number of nitrogens with one attached hydrogen (secondary N) is 2. The predicted molar refractivity (Wildman–Crippen MR) is 38.9 cm³/mol. The van der Waals surface area contributed by atoms with Crippen LogP contribution in [0.25, 0.3) is 0 Å². The van der Waals surface area contributed by atoms with Crippen molar-refractivity contribution in [3.8, 4) is 0 Å². The van der Waals surface area contributed by atoms with Crippen LogP contribution in [0.2, 0.25) is 0 Å². The van der Waals surface area contributed by atoms with Crippen LogP contribution in [0.5, 0.6) is 0 Å². The van der Waals surface area contributed by atoms with Gasteiger partial charge in [-0.05, 0) is 0 Å². The highest BCUT2D eigenvalue weighted by molar-refractivity contribution is 7.81. The highest BCUT2D eigenvalue weighted by atomic mass is 32.1. The van der Waals surface area contributed by atoms with Gasteiger partial charge in [-0.15, -0.1) is 5.10 Å². The van der Waals surface area contributed by atoms with E-state index < -0.39 is 0 Å². The topological polar surface area (TPSA) is 70.7 Å². The standard InChI is InChI=1S/C4H6N4OS/c9-4(2-10)6-3-1-5-8-7-3/h1,10H,2H2,(H2,5,6,7,8,9). The summed E-state index contributed by atoms with van der Waals surface area (Å²) in [4.78, 5) is 10.6. The Hall–Kier alpha value is -1.04. The number of anilines is 1. The number of aromatic amines is 1. The van der Waals surface area contributed by atoms with Crippen LogP contribution < -0.4 is 5.32 Å². The lowest BCUT2D eigenvalue weighted by Crippen LogP contribution is -2.12. The van der Waals surface area contributed by atoms with E-state index in [0.29, 0.717) is 5.82 Å². The molecule has 0 aliphatic heterocycles. The van der Waals surface area contributed by atoms with Crippen LogP contribution >= 0.6 is 12.6 Å². The van der Waals surface area contributed by atoms with Crippen LogP contribution in [0.4, 0.5) is 5.82 Å². The minimum absolute atomic E-state index is 0.146. The summed E-state index contributed by atoms with van der Waals surface area (Å²) in [7, 11) is 0. The summed E-state index contributed by atoms with van der Waals surface area (Å²) in [6.45, 7) is 0. The first-order chi connectivity index (χ1) is 4.83. The quantitative estimate of drug-likeness (QED) is 0.516. The number of carbonyl (C=O) groups excluding carboxylic acids is 1. The third-order valence-corrected chi connectivity index (χ3v) is 1.12. The maximum absolute atomic E-state index is 10.6. The van der Waals surface area contributed by atoms with E-state index in [1.165, 1.54) is 6.20 Å². The first kappa shape index (κ1) is 7.07. The van der Waals surface area contributed by atoms with E-state index in [1.54, 1.807) is 0 Å². The third-order valence-electron chi connectivity index (χ3n) is 0.828. The fraction of sp³-hybridized carbons (Fsp3) is 0.250. The summed E-state index contributed by atoms with van der Waals surface area (Å²) in [5, 5.41) is 11.8. The molecule has 0 saturated heterocycles. The van der Waals surface area contributed by atoms with Crippen LogP contribution in [-0.2, 0) is 4.79 Å². The molecule has 0 radical (unpaired) electrons. The summed E-state index contributed by atoms with van der Waals surface area (Å²) in [5.74, 6) is 0.364. The van der Waals surface area contributed by atoms with Crippen molar-refractivity contribution in [1.29, 1.82) is 0 Å². The van der Waals surface area contributed by atoms with Crippen molar-refractivity contribution in [3.63, 3.8) is 0 Å². The summed E-state index contributed by atoms with van der Waals surface area (Å²) in [6, 6.07) is 0. The molecular weight excluding hydrogens is 152 g/mol. The highest BCUT2D eigenvalue weighted by Crippen LogP contribution is 1.94. The molecule has 2 N–H and O–H groups in total. The molecule has 6 heteroatoms. The highest BCUT2D eigenvalue weighted by Gasteiger charge is 1.99. The molecule has 0 atom stereocenters. The largest absolute Gasteiger partial charge is 0.307 e. The second-order valence-electron chi connectivity index (χ2n) is 1.56. The molecule has 1 heterocycles. The Morgan fingerprint density at radius 2 is 2.70 bits per heavy atom. The Morgan fingerprint density at radius 3 is 3.20 bits per heavy atom. The minimum Gasteiger partial charge on any atom is -0.307 e. The molecule has 0 bridgehead atoms. The van der Waals surface area contributed by atoms with Gasteiger partial charge < -0.3 is 5.32 Å². The van der Waals surface area contributed by atoms with Gasteiger partial charge in [-0.3, -0.25) is 9.89 Å². The van der Waals surface area contributed by atoms with Gasteiger partial charge in [-0.25, -0.2) is 0 Å². The molecule has 5 nitrogen and oxygen atoms in total. The van der Waals surface area contributed by atoms with Gasteiger partial charge in [0.05, 0.1) is 11.9 Å². The first-order valence-corrected chi connectivity index (χ1v) is 3.23. The van der Waals surface area contributed by atoms with Crippen molar-refractivity contribution in [1.82, 2.24) is 15.4 Å². The zero-order valence-corrected chi connectivity index (χ0v) is 5.93. The van der Waals surface area contributed by atoms with Gasteiger partial charge in [0.1, 0.15) is 0 Å². The fourth-order valence-corrected chi connectivity index (χ4v) is 0.524. The summed E-state index contributed by atoms with van der Waals surface area (Å²) >= 11 is 3.76. The molecule has 1 aromatic rings. The zero-order valence-electron chi connectivity index (χ0n) is 5.03. The Labute approximate surface area is 62.6 Å². The Morgan fingerprint density at radius 1 is 1.90 bits per heavy atom.